The first-order valence-electron chi connectivity index (χ1n) is 6.79. The van der Waals surface area contributed by atoms with E-state index in [1.807, 2.05) is 6.92 Å². The van der Waals surface area contributed by atoms with Crippen LogP contribution in [-0.4, -0.2) is 40.5 Å². The third kappa shape index (κ3) is 7.69. The third-order valence-corrected chi connectivity index (χ3v) is 5.12. The van der Waals surface area contributed by atoms with Gasteiger partial charge in [0.2, 0.25) is 15.9 Å². The number of benzene rings is 1. The Morgan fingerprint density at radius 2 is 1.74 bits per heavy atom. The summed E-state index contributed by atoms with van der Waals surface area (Å²) in [6.45, 7) is 3.93. The van der Waals surface area contributed by atoms with Gasteiger partial charge in [0.25, 0.3) is 0 Å². The molecular formula is C13H20Cl3N3O3S. The third-order valence-electron chi connectivity index (χ3n) is 2.71. The molecule has 0 fully saturated rings. The van der Waals surface area contributed by atoms with Crippen molar-refractivity contribution in [3.63, 3.8) is 0 Å². The van der Waals surface area contributed by atoms with Gasteiger partial charge in [-0.1, -0.05) is 36.2 Å². The summed E-state index contributed by atoms with van der Waals surface area (Å²) in [5.41, 5.74) is 0. The van der Waals surface area contributed by atoms with Gasteiger partial charge in [0.05, 0.1) is 10.0 Å². The van der Waals surface area contributed by atoms with Crippen LogP contribution in [0.25, 0.3) is 0 Å². The zero-order chi connectivity index (χ0) is 16.6. The molecule has 0 aliphatic rings. The Labute approximate surface area is 152 Å². The molecule has 0 saturated heterocycles. The second-order valence-electron chi connectivity index (χ2n) is 4.40. The first kappa shape index (κ1) is 22.4. The van der Waals surface area contributed by atoms with Gasteiger partial charge in [0, 0.05) is 26.1 Å². The Hall–Kier alpha value is -0.570. The molecule has 0 aliphatic heterocycles. The SMILES string of the molecule is CCNCCNC(=O)CCNS(=O)(=O)c1c(Cl)cccc1Cl.Cl. The van der Waals surface area contributed by atoms with Crippen LogP contribution in [0.5, 0.6) is 0 Å². The number of amides is 1. The van der Waals surface area contributed by atoms with Crippen LogP contribution in [0.2, 0.25) is 10.0 Å². The molecule has 1 amide bonds. The molecule has 23 heavy (non-hydrogen) atoms. The first-order valence-corrected chi connectivity index (χ1v) is 9.03. The van der Waals surface area contributed by atoms with E-state index in [0.29, 0.717) is 13.1 Å². The van der Waals surface area contributed by atoms with E-state index < -0.39 is 10.0 Å². The van der Waals surface area contributed by atoms with Crippen LogP contribution in [0.4, 0.5) is 0 Å². The van der Waals surface area contributed by atoms with Gasteiger partial charge in [-0.2, -0.15) is 0 Å². The second-order valence-corrected chi connectivity index (χ2v) is 6.92. The number of hydrogen-bond donors (Lipinski definition) is 3. The molecule has 0 aromatic heterocycles. The van der Waals surface area contributed by atoms with Crippen molar-refractivity contribution in [2.75, 3.05) is 26.2 Å². The molecular weight excluding hydrogens is 385 g/mol. The highest BCUT2D eigenvalue weighted by Gasteiger charge is 2.21. The molecule has 10 heteroatoms. The van der Waals surface area contributed by atoms with E-state index in [1.54, 1.807) is 6.07 Å². The Balaban J connectivity index is 0.00000484. The van der Waals surface area contributed by atoms with Gasteiger partial charge < -0.3 is 10.6 Å². The van der Waals surface area contributed by atoms with E-state index in [4.69, 9.17) is 23.2 Å². The summed E-state index contributed by atoms with van der Waals surface area (Å²) in [7, 11) is -3.85. The molecule has 0 unspecified atom stereocenters. The molecule has 6 nitrogen and oxygen atoms in total. The van der Waals surface area contributed by atoms with Crippen molar-refractivity contribution >= 4 is 51.5 Å². The highest BCUT2D eigenvalue weighted by molar-refractivity contribution is 7.89. The number of nitrogens with one attached hydrogen (secondary N) is 3. The quantitative estimate of drug-likeness (QED) is 0.548. The highest BCUT2D eigenvalue weighted by atomic mass is 35.5. The Morgan fingerprint density at radius 3 is 2.30 bits per heavy atom. The number of carbonyl (C=O) groups is 1. The van der Waals surface area contributed by atoms with Gasteiger partial charge in [0.15, 0.2) is 0 Å². The average molecular weight is 405 g/mol. The topological polar surface area (TPSA) is 87.3 Å². The molecule has 0 radical (unpaired) electrons. The smallest absolute Gasteiger partial charge is 0.243 e. The fourth-order valence-corrected chi connectivity index (χ4v) is 3.84. The maximum Gasteiger partial charge on any atom is 0.243 e. The van der Waals surface area contributed by atoms with Crippen LogP contribution < -0.4 is 15.4 Å². The van der Waals surface area contributed by atoms with Crippen molar-refractivity contribution in [3.05, 3.63) is 28.2 Å². The number of hydrogen-bond acceptors (Lipinski definition) is 4. The first-order chi connectivity index (χ1) is 10.4. The zero-order valence-electron chi connectivity index (χ0n) is 12.6. The van der Waals surface area contributed by atoms with E-state index in [2.05, 4.69) is 15.4 Å². The lowest BCUT2D eigenvalue weighted by molar-refractivity contribution is -0.120. The molecule has 0 heterocycles. The average Bonchev–Trinajstić information content (AvgIpc) is 2.43. The van der Waals surface area contributed by atoms with Gasteiger partial charge in [-0.3, -0.25) is 4.79 Å². The lowest BCUT2D eigenvalue weighted by Crippen LogP contribution is -2.34. The summed E-state index contributed by atoms with van der Waals surface area (Å²) < 4.78 is 26.6. The monoisotopic (exact) mass is 403 g/mol. The van der Waals surface area contributed by atoms with Crippen LogP contribution in [0, 0.1) is 0 Å². The van der Waals surface area contributed by atoms with Gasteiger partial charge >= 0.3 is 0 Å². The van der Waals surface area contributed by atoms with E-state index >= 15 is 0 Å². The van der Waals surface area contributed by atoms with E-state index in [-0.39, 0.29) is 46.2 Å². The van der Waals surface area contributed by atoms with Gasteiger partial charge in [-0.05, 0) is 18.7 Å². The van der Waals surface area contributed by atoms with Gasteiger partial charge in [0.1, 0.15) is 4.90 Å². The molecule has 0 bridgehead atoms. The van der Waals surface area contributed by atoms with E-state index in [0.717, 1.165) is 6.54 Å². The predicted molar refractivity (Wildman–Crippen MR) is 95.1 cm³/mol. The fourth-order valence-electron chi connectivity index (χ4n) is 1.67. The molecule has 0 spiro atoms. The number of carbonyl (C=O) groups excluding carboxylic acids is 1. The molecule has 1 aromatic rings. The summed E-state index contributed by atoms with van der Waals surface area (Å²) >= 11 is 11.7. The van der Waals surface area contributed by atoms with E-state index in [1.165, 1.54) is 12.1 Å². The molecule has 0 saturated carbocycles. The normalized spacial score (nSPS) is 10.9. The van der Waals surface area contributed by atoms with Gasteiger partial charge in [-0.15, -0.1) is 12.4 Å². The summed E-state index contributed by atoms with van der Waals surface area (Å²) in [6, 6.07) is 4.44. The number of likely N-dealkylation sites (N-methyl/N-ethyl adjacent to an activating group) is 1. The van der Waals surface area contributed by atoms with Gasteiger partial charge in [-0.25, -0.2) is 13.1 Å². The minimum atomic E-state index is -3.85. The summed E-state index contributed by atoms with van der Waals surface area (Å²) in [4.78, 5) is 11.4. The Bertz CT molecular complexity index is 591. The van der Waals surface area contributed by atoms with E-state index in [9.17, 15) is 13.2 Å². The lowest BCUT2D eigenvalue weighted by Gasteiger charge is -2.10. The summed E-state index contributed by atoms with van der Waals surface area (Å²) in [6.07, 6.45) is 0.0351. The second kappa shape index (κ2) is 11.1. The summed E-state index contributed by atoms with van der Waals surface area (Å²) in [5.74, 6) is -0.231. The fraction of sp³-hybridized carbons (Fsp3) is 0.462. The maximum atomic E-state index is 12.1. The van der Waals surface area contributed by atoms with Crippen LogP contribution in [0.15, 0.2) is 23.1 Å². The minimum absolute atomic E-state index is 0. The number of sulfonamides is 1. The molecule has 1 rings (SSSR count). The standard InChI is InChI=1S/C13H19Cl2N3O3S.ClH/c1-2-16-8-9-17-12(19)6-7-18-22(20,21)13-10(14)4-3-5-11(13)15;/h3-5,16,18H,2,6-9H2,1H3,(H,17,19);1H. The van der Waals surface area contributed by atoms with Crippen molar-refractivity contribution in [3.8, 4) is 0 Å². The van der Waals surface area contributed by atoms with Crippen LogP contribution >= 0.6 is 35.6 Å². The molecule has 1 aromatic carbocycles. The molecule has 0 atom stereocenters. The van der Waals surface area contributed by atoms with Crippen molar-refractivity contribution in [2.45, 2.75) is 18.2 Å². The van der Waals surface area contributed by atoms with Crippen LogP contribution in [-0.2, 0) is 14.8 Å². The van der Waals surface area contributed by atoms with Crippen molar-refractivity contribution in [1.82, 2.24) is 15.4 Å². The molecule has 0 aliphatic carbocycles. The van der Waals surface area contributed by atoms with Crippen molar-refractivity contribution in [2.24, 2.45) is 0 Å². The molecule has 3 N–H and O–H groups in total. The van der Waals surface area contributed by atoms with Crippen molar-refractivity contribution < 1.29 is 13.2 Å². The summed E-state index contributed by atoms with van der Waals surface area (Å²) in [5, 5.41) is 5.81. The Morgan fingerprint density at radius 1 is 1.13 bits per heavy atom. The van der Waals surface area contributed by atoms with Crippen LogP contribution in [0.3, 0.4) is 0 Å². The lowest BCUT2D eigenvalue weighted by atomic mass is 10.4. The van der Waals surface area contributed by atoms with Crippen molar-refractivity contribution in [1.29, 1.82) is 0 Å². The maximum absolute atomic E-state index is 12.1. The number of halogens is 3. The number of rotatable bonds is 9. The highest BCUT2D eigenvalue weighted by Crippen LogP contribution is 2.28. The predicted octanol–water partition coefficient (Wildman–Crippen LogP) is 1.81. The molecule has 132 valence electrons. The zero-order valence-corrected chi connectivity index (χ0v) is 15.7. The largest absolute Gasteiger partial charge is 0.355 e. The Kier molecular flexibility index (Phi) is 10.8. The minimum Gasteiger partial charge on any atom is -0.355 e. The van der Waals surface area contributed by atoms with Crippen LogP contribution in [0.1, 0.15) is 13.3 Å².